The summed E-state index contributed by atoms with van der Waals surface area (Å²) in [6.07, 6.45) is 1.29. The van der Waals surface area contributed by atoms with Gasteiger partial charge in [0.2, 0.25) is 0 Å². The third-order valence-corrected chi connectivity index (χ3v) is 3.46. The van der Waals surface area contributed by atoms with Crippen LogP contribution in [0.4, 0.5) is 4.70 Å². The molecule has 0 amide bonds. The molecule has 0 aliphatic carbocycles. The molecule has 0 saturated heterocycles. The van der Waals surface area contributed by atoms with Gasteiger partial charge < -0.3 is 0 Å². The van der Waals surface area contributed by atoms with Crippen LogP contribution in [0.15, 0.2) is 30.3 Å². The van der Waals surface area contributed by atoms with Crippen LogP contribution in [0.25, 0.3) is 0 Å². The molecule has 62 valence electrons. The van der Waals surface area contributed by atoms with Gasteiger partial charge in [-0.2, -0.15) is 0 Å². The Balaban J connectivity index is 0.000001000. The Morgan fingerprint density at radius 2 is 1.82 bits per heavy atom. The third kappa shape index (κ3) is 2.85. The van der Waals surface area contributed by atoms with Crippen LogP contribution in [0.2, 0.25) is 0 Å². The highest BCUT2D eigenvalue weighted by atomic mass is 28.1. The summed E-state index contributed by atoms with van der Waals surface area (Å²) < 4.78 is 0. The Kier molecular flexibility index (Phi) is 4.78. The number of benzene rings is 1. The van der Waals surface area contributed by atoms with Crippen molar-refractivity contribution in [2.24, 2.45) is 0 Å². The average molecular weight is 170 g/mol. The molecule has 0 radical (unpaired) electrons. The van der Waals surface area contributed by atoms with Crippen LogP contribution in [-0.4, -0.2) is 10.2 Å². The van der Waals surface area contributed by atoms with E-state index in [-0.39, 0.29) is 4.70 Å². The Labute approximate surface area is 70.4 Å². The third-order valence-electron chi connectivity index (χ3n) is 1.98. The molecule has 1 unspecified atom stereocenters. The van der Waals surface area contributed by atoms with Crippen LogP contribution in [0.5, 0.6) is 0 Å². The van der Waals surface area contributed by atoms with Crippen molar-refractivity contribution in [3.8, 4) is 0 Å². The zero-order valence-corrected chi connectivity index (χ0v) is 9.08. The Morgan fingerprint density at radius 3 is 2.27 bits per heavy atom. The van der Waals surface area contributed by atoms with Gasteiger partial charge in [0, 0.05) is 10.2 Å². The van der Waals surface area contributed by atoms with E-state index in [4.69, 9.17) is 0 Å². The Hall–Kier alpha value is -0.633. The van der Waals surface area contributed by atoms with Crippen molar-refractivity contribution in [1.82, 2.24) is 0 Å². The summed E-state index contributed by atoms with van der Waals surface area (Å²) in [5, 5.41) is 0. The molecule has 0 spiro atoms. The monoisotopic (exact) mass is 170 g/mol. The van der Waals surface area contributed by atoms with Crippen molar-refractivity contribution < 1.29 is 4.70 Å². The normalized spacial score (nSPS) is 12.1. The van der Waals surface area contributed by atoms with Gasteiger partial charge in [-0.15, -0.1) is 0 Å². The lowest BCUT2D eigenvalue weighted by Crippen LogP contribution is -1.94. The maximum Gasteiger partial charge on any atom is 0.0123 e. The van der Waals surface area contributed by atoms with Gasteiger partial charge in [-0.05, 0) is 11.1 Å². The molecule has 0 aliphatic rings. The standard InChI is InChI=1S/C9H14Si.FH/c1-2-9(10)8-6-4-3-5-7-8;/h3-7,9H,2H2,1,10H3;1H. The first-order valence-corrected chi connectivity index (χ1v) is 5.05. The van der Waals surface area contributed by atoms with E-state index in [1.807, 2.05) is 0 Å². The smallest absolute Gasteiger partial charge is 0.0123 e. The number of hydrogen-bond acceptors (Lipinski definition) is 0. The molecular formula is C9H15FSi. The molecule has 2 heteroatoms. The molecule has 1 atom stereocenters. The molecule has 0 bridgehead atoms. The molecule has 0 heterocycles. The topological polar surface area (TPSA) is 0 Å². The average Bonchev–Trinajstić information content (AvgIpc) is 2.05. The highest BCUT2D eigenvalue weighted by Gasteiger charge is 1.98. The first-order chi connectivity index (χ1) is 4.84. The molecule has 0 aliphatic heterocycles. The number of rotatable bonds is 2. The van der Waals surface area contributed by atoms with Crippen LogP contribution < -0.4 is 0 Å². The fourth-order valence-corrected chi connectivity index (χ4v) is 1.40. The van der Waals surface area contributed by atoms with Crippen molar-refractivity contribution in [1.29, 1.82) is 0 Å². The zero-order valence-electron chi connectivity index (χ0n) is 7.08. The van der Waals surface area contributed by atoms with Gasteiger partial charge in [0.15, 0.2) is 0 Å². The Bertz CT molecular complexity index is 186. The van der Waals surface area contributed by atoms with Crippen molar-refractivity contribution >= 4 is 10.2 Å². The van der Waals surface area contributed by atoms with E-state index in [1.165, 1.54) is 22.2 Å². The minimum absolute atomic E-state index is 0. The van der Waals surface area contributed by atoms with Gasteiger partial charge in [0.25, 0.3) is 0 Å². The molecule has 1 aromatic carbocycles. The van der Waals surface area contributed by atoms with E-state index >= 15 is 0 Å². The first kappa shape index (κ1) is 10.4. The van der Waals surface area contributed by atoms with Crippen LogP contribution in [0, 0.1) is 0 Å². The van der Waals surface area contributed by atoms with Crippen LogP contribution in [0.1, 0.15) is 24.4 Å². The summed E-state index contributed by atoms with van der Waals surface area (Å²) in [6, 6.07) is 10.8. The lowest BCUT2D eigenvalue weighted by Gasteiger charge is -2.06. The highest BCUT2D eigenvalue weighted by Crippen LogP contribution is 2.13. The predicted octanol–water partition coefficient (Wildman–Crippen LogP) is 1.66. The minimum Gasteiger partial charge on any atom is -0.269 e. The maximum atomic E-state index is 2.25. The largest absolute Gasteiger partial charge is 0.269 e. The van der Waals surface area contributed by atoms with Crippen LogP contribution in [-0.2, 0) is 0 Å². The van der Waals surface area contributed by atoms with Crippen molar-refractivity contribution in [2.75, 3.05) is 0 Å². The number of hydrogen-bond donors (Lipinski definition) is 0. The van der Waals surface area contributed by atoms with Crippen molar-refractivity contribution in [2.45, 2.75) is 18.9 Å². The predicted molar refractivity (Wildman–Crippen MR) is 51.9 cm³/mol. The van der Waals surface area contributed by atoms with E-state index in [0.29, 0.717) is 0 Å². The molecule has 0 fully saturated rings. The second-order valence-electron chi connectivity index (χ2n) is 2.72. The van der Waals surface area contributed by atoms with Gasteiger partial charge in [-0.25, -0.2) is 0 Å². The molecule has 0 nitrogen and oxygen atoms in total. The lowest BCUT2D eigenvalue weighted by atomic mass is 10.1. The molecule has 0 aromatic heterocycles. The zero-order chi connectivity index (χ0) is 7.40. The summed E-state index contributed by atoms with van der Waals surface area (Å²) in [6.45, 7) is 2.25. The first-order valence-electron chi connectivity index (χ1n) is 3.89. The van der Waals surface area contributed by atoms with E-state index < -0.39 is 0 Å². The van der Waals surface area contributed by atoms with E-state index in [1.54, 1.807) is 0 Å². The number of halogens is 1. The van der Waals surface area contributed by atoms with Crippen LogP contribution >= 0.6 is 0 Å². The van der Waals surface area contributed by atoms with E-state index in [2.05, 4.69) is 37.3 Å². The van der Waals surface area contributed by atoms with Crippen molar-refractivity contribution in [3.05, 3.63) is 35.9 Å². The molecule has 1 aromatic rings. The van der Waals surface area contributed by atoms with Gasteiger partial charge >= 0.3 is 0 Å². The lowest BCUT2D eigenvalue weighted by molar-refractivity contribution is 0.882. The fraction of sp³-hybridized carbons (Fsp3) is 0.333. The second kappa shape index (κ2) is 5.08. The van der Waals surface area contributed by atoms with E-state index in [0.717, 1.165) is 5.54 Å². The molecular weight excluding hydrogens is 155 g/mol. The summed E-state index contributed by atoms with van der Waals surface area (Å²) in [7, 11) is 1.28. The SMILES string of the molecule is CCC([SiH3])c1ccccc1.F. The second-order valence-corrected chi connectivity index (χ2v) is 4.11. The molecule has 1 rings (SSSR count). The molecule has 0 saturated carbocycles. The van der Waals surface area contributed by atoms with Gasteiger partial charge in [-0.1, -0.05) is 43.7 Å². The van der Waals surface area contributed by atoms with Crippen molar-refractivity contribution in [3.63, 3.8) is 0 Å². The molecule has 11 heavy (non-hydrogen) atoms. The maximum absolute atomic E-state index is 2.25. The quantitative estimate of drug-likeness (QED) is 0.592. The van der Waals surface area contributed by atoms with E-state index in [9.17, 15) is 0 Å². The van der Waals surface area contributed by atoms with Gasteiger partial charge in [0.05, 0.1) is 0 Å². The fourth-order valence-electron chi connectivity index (χ4n) is 1.02. The summed E-state index contributed by atoms with van der Waals surface area (Å²) >= 11 is 0. The van der Waals surface area contributed by atoms with Crippen LogP contribution in [0.3, 0.4) is 0 Å². The van der Waals surface area contributed by atoms with Gasteiger partial charge in [-0.3, -0.25) is 4.70 Å². The highest BCUT2D eigenvalue weighted by molar-refractivity contribution is 6.12. The minimum atomic E-state index is 0. The summed E-state index contributed by atoms with van der Waals surface area (Å²) in [4.78, 5) is 0. The molecule has 0 N–H and O–H groups in total. The van der Waals surface area contributed by atoms with Gasteiger partial charge in [0.1, 0.15) is 0 Å². The summed E-state index contributed by atoms with van der Waals surface area (Å²) in [5.41, 5.74) is 2.36. The Morgan fingerprint density at radius 1 is 1.27 bits per heavy atom. The summed E-state index contributed by atoms with van der Waals surface area (Å²) in [5.74, 6) is 0.